The van der Waals surface area contributed by atoms with Crippen molar-refractivity contribution in [2.45, 2.75) is 32.2 Å². The number of benzene rings is 1. The molecule has 0 spiro atoms. The minimum Gasteiger partial charge on any atom is -0.447 e. The van der Waals surface area contributed by atoms with Crippen LogP contribution in [0.5, 0.6) is 0 Å². The van der Waals surface area contributed by atoms with Crippen LogP contribution in [0.3, 0.4) is 0 Å². The van der Waals surface area contributed by atoms with Crippen molar-refractivity contribution < 1.29 is 14.3 Å². The highest BCUT2D eigenvalue weighted by Gasteiger charge is 2.43. The summed E-state index contributed by atoms with van der Waals surface area (Å²) in [7, 11) is 0. The Morgan fingerprint density at radius 3 is 2.65 bits per heavy atom. The predicted octanol–water partition coefficient (Wildman–Crippen LogP) is 3.26. The van der Waals surface area contributed by atoms with Crippen LogP contribution in [0.25, 0.3) is 0 Å². The van der Waals surface area contributed by atoms with Crippen LogP contribution in [0.1, 0.15) is 37.0 Å². The number of ketones is 1. The molecular weight excluding hydrogens is 316 g/mol. The third kappa shape index (κ3) is 3.02. The lowest BCUT2D eigenvalue weighted by atomic mass is 9.79. The van der Waals surface area contributed by atoms with E-state index in [9.17, 15) is 9.59 Å². The quantitative estimate of drug-likeness (QED) is 0.861. The van der Waals surface area contributed by atoms with E-state index in [1.54, 1.807) is 13.0 Å². The summed E-state index contributed by atoms with van der Waals surface area (Å²) in [5, 5.41) is 3.44. The summed E-state index contributed by atoms with van der Waals surface area (Å²) in [6.45, 7) is 5.67. The fraction of sp³-hybridized carbons (Fsp3) is 0.529. The maximum Gasteiger partial charge on any atom is 0.407 e. The number of ether oxygens (including phenoxy) is 1. The van der Waals surface area contributed by atoms with Crippen LogP contribution in [0.15, 0.2) is 18.2 Å². The topological polar surface area (TPSA) is 58.6 Å². The van der Waals surface area contributed by atoms with Gasteiger partial charge in [-0.05, 0) is 44.7 Å². The van der Waals surface area contributed by atoms with Gasteiger partial charge in [-0.3, -0.25) is 4.79 Å². The van der Waals surface area contributed by atoms with Crippen LogP contribution in [0, 0.1) is 5.92 Å². The molecule has 6 heteroatoms. The van der Waals surface area contributed by atoms with Crippen LogP contribution in [-0.2, 0) is 4.74 Å². The monoisotopic (exact) mass is 336 g/mol. The van der Waals surface area contributed by atoms with Crippen LogP contribution in [-0.4, -0.2) is 37.1 Å². The molecule has 23 heavy (non-hydrogen) atoms. The van der Waals surface area contributed by atoms with Gasteiger partial charge in [0.05, 0.1) is 16.1 Å². The van der Waals surface area contributed by atoms with Crippen LogP contribution >= 0.6 is 11.6 Å². The normalized spacial score (nSPS) is 25.2. The fourth-order valence-corrected chi connectivity index (χ4v) is 3.93. The number of anilines is 1. The molecule has 0 radical (unpaired) electrons. The molecule has 5 nitrogen and oxygen atoms in total. The number of amides is 1. The van der Waals surface area contributed by atoms with E-state index in [1.165, 1.54) is 0 Å². The van der Waals surface area contributed by atoms with Crippen LogP contribution in [0.4, 0.5) is 10.5 Å². The number of nitrogens with zero attached hydrogens (tertiary/aromatic N) is 1. The number of cyclic esters (lactones) is 1. The highest BCUT2D eigenvalue weighted by Crippen LogP contribution is 2.35. The minimum atomic E-state index is -0.330. The molecule has 124 valence electrons. The van der Waals surface area contributed by atoms with Crippen molar-refractivity contribution in [2.75, 3.05) is 24.6 Å². The van der Waals surface area contributed by atoms with Gasteiger partial charge in [0, 0.05) is 18.8 Å². The number of rotatable bonds is 3. The molecule has 0 bridgehead atoms. The van der Waals surface area contributed by atoms with E-state index in [1.807, 2.05) is 19.1 Å². The third-order valence-corrected chi connectivity index (χ3v) is 5.29. The second-order valence-electron chi connectivity index (χ2n) is 6.57. The Morgan fingerprint density at radius 2 is 2.09 bits per heavy atom. The Kier molecular flexibility index (Phi) is 4.23. The van der Waals surface area contributed by atoms with E-state index in [0.29, 0.717) is 23.1 Å². The average molecular weight is 337 g/mol. The van der Waals surface area contributed by atoms with Gasteiger partial charge in [-0.25, -0.2) is 4.79 Å². The number of halogens is 1. The number of hydrogen-bond donors (Lipinski definition) is 1. The number of alkyl carbamates (subject to hydrolysis) is 1. The molecule has 0 aliphatic carbocycles. The van der Waals surface area contributed by atoms with Crippen molar-refractivity contribution in [3.63, 3.8) is 0 Å². The first-order valence-electron chi connectivity index (χ1n) is 7.90. The molecule has 1 N–H and O–H groups in total. The maximum absolute atomic E-state index is 11.9. The summed E-state index contributed by atoms with van der Waals surface area (Å²) >= 11 is 6.20. The van der Waals surface area contributed by atoms with Crippen molar-refractivity contribution >= 4 is 29.2 Å². The zero-order valence-corrected chi connectivity index (χ0v) is 14.2. The van der Waals surface area contributed by atoms with E-state index in [2.05, 4.69) is 10.2 Å². The van der Waals surface area contributed by atoms with Crippen molar-refractivity contribution in [1.82, 2.24) is 5.32 Å². The predicted molar refractivity (Wildman–Crippen MR) is 89.3 cm³/mol. The smallest absolute Gasteiger partial charge is 0.407 e. The van der Waals surface area contributed by atoms with E-state index in [4.69, 9.17) is 16.3 Å². The summed E-state index contributed by atoms with van der Waals surface area (Å²) in [6, 6.07) is 5.58. The third-order valence-electron chi connectivity index (χ3n) is 4.97. The Morgan fingerprint density at radius 1 is 1.39 bits per heavy atom. The second-order valence-corrected chi connectivity index (χ2v) is 6.98. The molecular formula is C17H21ClN2O3. The maximum atomic E-state index is 11.9. The Labute approximate surface area is 140 Å². The average Bonchev–Trinajstić information content (AvgIpc) is 2.87. The van der Waals surface area contributed by atoms with Gasteiger partial charge in [-0.15, -0.1) is 0 Å². The molecule has 1 atom stereocenters. The number of carbonyl (C=O) groups is 2. The van der Waals surface area contributed by atoms with Crippen LogP contribution in [0.2, 0.25) is 5.02 Å². The van der Waals surface area contributed by atoms with Gasteiger partial charge < -0.3 is 15.0 Å². The molecule has 1 amide bonds. The lowest BCUT2D eigenvalue weighted by molar-refractivity contribution is 0.101. The Balaban J connectivity index is 1.74. The van der Waals surface area contributed by atoms with E-state index >= 15 is 0 Å². The molecule has 1 aromatic rings. The number of carbonyl (C=O) groups excluding carboxylic acids is 2. The van der Waals surface area contributed by atoms with Gasteiger partial charge in [0.2, 0.25) is 0 Å². The highest BCUT2D eigenvalue weighted by atomic mass is 35.5. The van der Waals surface area contributed by atoms with Crippen molar-refractivity contribution in [3.8, 4) is 0 Å². The molecule has 2 aliphatic heterocycles. The van der Waals surface area contributed by atoms with Gasteiger partial charge >= 0.3 is 6.09 Å². The second kappa shape index (κ2) is 6.04. The zero-order valence-electron chi connectivity index (χ0n) is 13.4. The molecule has 0 aromatic heterocycles. The summed E-state index contributed by atoms with van der Waals surface area (Å²) in [5.74, 6) is 0.348. The van der Waals surface area contributed by atoms with Gasteiger partial charge in [-0.2, -0.15) is 0 Å². The van der Waals surface area contributed by atoms with Gasteiger partial charge in [0.25, 0.3) is 0 Å². The molecule has 1 aromatic carbocycles. The first-order valence-corrected chi connectivity index (χ1v) is 8.28. The number of piperidine rings is 1. The molecule has 1 unspecified atom stereocenters. The highest BCUT2D eigenvalue weighted by molar-refractivity contribution is 6.34. The molecule has 3 rings (SSSR count). The Bertz CT molecular complexity index is 641. The van der Waals surface area contributed by atoms with E-state index in [0.717, 1.165) is 31.6 Å². The number of hydrogen-bond acceptors (Lipinski definition) is 4. The lowest BCUT2D eigenvalue weighted by Gasteiger charge is -2.40. The van der Waals surface area contributed by atoms with Crippen LogP contribution < -0.4 is 10.2 Å². The summed E-state index contributed by atoms with van der Waals surface area (Å²) < 4.78 is 5.07. The van der Waals surface area contributed by atoms with Crippen molar-refractivity contribution in [3.05, 3.63) is 28.8 Å². The standard InChI is InChI=1S/C17H21ClN2O3/c1-11(21)15-13(18)4-3-5-14(15)20-8-6-12(7-9-20)17(2)10-23-16(22)19-17/h3-5,12H,6-10H2,1-2H3,(H,19,22). The minimum absolute atomic E-state index is 0.0175. The van der Waals surface area contributed by atoms with Crippen molar-refractivity contribution in [1.29, 1.82) is 0 Å². The fourth-order valence-electron chi connectivity index (χ4n) is 3.62. The largest absolute Gasteiger partial charge is 0.447 e. The van der Waals surface area contributed by atoms with E-state index < -0.39 is 0 Å². The summed E-state index contributed by atoms with van der Waals surface area (Å²) in [6.07, 6.45) is 1.54. The van der Waals surface area contributed by atoms with Gasteiger partial charge in [0.1, 0.15) is 6.61 Å². The SMILES string of the molecule is CC(=O)c1c(Cl)cccc1N1CCC(C2(C)COC(=O)N2)CC1. The molecule has 0 saturated carbocycles. The van der Waals surface area contributed by atoms with E-state index in [-0.39, 0.29) is 17.4 Å². The van der Waals surface area contributed by atoms with Crippen molar-refractivity contribution in [2.24, 2.45) is 5.92 Å². The Hall–Kier alpha value is -1.75. The molecule has 2 saturated heterocycles. The molecule has 2 heterocycles. The molecule has 2 aliphatic rings. The van der Waals surface area contributed by atoms with Gasteiger partial charge in [-0.1, -0.05) is 17.7 Å². The first-order chi connectivity index (χ1) is 10.9. The summed E-state index contributed by atoms with van der Waals surface area (Å²) in [4.78, 5) is 25.5. The number of Topliss-reactive ketones (excluding diaryl/α,β-unsaturated/α-hetero) is 1. The lowest BCUT2D eigenvalue weighted by Crippen LogP contribution is -2.51. The summed E-state index contributed by atoms with van der Waals surface area (Å²) in [5.41, 5.74) is 1.21. The zero-order chi connectivity index (χ0) is 16.6. The van der Waals surface area contributed by atoms with Gasteiger partial charge in [0.15, 0.2) is 5.78 Å². The molecule has 2 fully saturated rings. The number of nitrogens with one attached hydrogen (secondary N) is 1. The first kappa shape index (κ1) is 16.1.